The summed E-state index contributed by atoms with van der Waals surface area (Å²) in [4.78, 5) is 15.2. The number of fused-ring (bicyclic) bond motifs is 6. The van der Waals surface area contributed by atoms with Crippen molar-refractivity contribution < 1.29 is 21.6 Å². The number of hydrogen-bond donors (Lipinski definition) is 0. The molecule has 3 aliphatic rings. The third kappa shape index (κ3) is 2.51. The van der Waals surface area contributed by atoms with E-state index in [4.69, 9.17) is 0 Å². The van der Waals surface area contributed by atoms with E-state index in [1.54, 1.807) is 36.4 Å². The molecule has 2 heterocycles. The summed E-state index contributed by atoms with van der Waals surface area (Å²) in [5.41, 5.74) is 1.71. The van der Waals surface area contributed by atoms with Crippen molar-refractivity contribution in [1.29, 1.82) is 0 Å². The minimum atomic E-state index is -3.96. The van der Waals surface area contributed by atoms with Crippen LogP contribution < -0.4 is 0 Å². The number of carbonyl (C=O) groups is 1. The summed E-state index contributed by atoms with van der Waals surface area (Å²) in [6, 6.07) is 28.6. The Labute approximate surface area is 229 Å². The highest BCUT2D eigenvalue weighted by molar-refractivity contribution is 7.92. The second kappa shape index (κ2) is 7.05. The van der Waals surface area contributed by atoms with Gasteiger partial charge < -0.3 is 0 Å². The minimum absolute atomic E-state index is 0.0784. The van der Waals surface area contributed by atoms with Gasteiger partial charge in [-0.05, 0) is 91.0 Å². The van der Waals surface area contributed by atoms with E-state index in [0.717, 1.165) is 26.9 Å². The molecule has 2 atom stereocenters. The zero-order valence-electron chi connectivity index (χ0n) is 20.8. The molecule has 2 unspecified atom stereocenters. The minimum Gasteiger partial charge on any atom is -0.298 e. The van der Waals surface area contributed by atoms with Crippen LogP contribution in [0.15, 0.2) is 117 Å². The molecule has 2 aliphatic heterocycles. The van der Waals surface area contributed by atoms with Crippen LogP contribution in [0.1, 0.15) is 34.1 Å². The van der Waals surface area contributed by atoms with Gasteiger partial charge in [-0.1, -0.05) is 60.7 Å². The molecule has 0 saturated heterocycles. The Hall–Kier alpha value is -4.33. The van der Waals surface area contributed by atoms with Crippen LogP contribution in [0.4, 0.5) is 0 Å². The van der Waals surface area contributed by atoms with Gasteiger partial charge in [0, 0.05) is 0 Å². The fraction of sp³-hybridized carbons (Fsp3) is 0.0606. The summed E-state index contributed by atoms with van der Waals surface area (Å²) in [6.07, 6.45) is 0. The second-order valence-corrected chi connectivity index (χ2v) is 14.6. The second-order valence-electron chi connectivity index (χ2n) is 10.8. The summed E-state index contributed by atoms with van der Waals surface area (Å²) in [7, 11) is -7.92. The van der Waals surface area contributed by atoms with Gasteiger partial charge in [0.2, 0.25) is 19.7 Å². The van der Waals surface area contributed by atoms with Crippen molar-refractivity contribution in [3.05, 3.63) is 119 Å². The maximum absolute atomic E-state index is 14.8. The van der Waals surface area contributed by atoms with Crippen LogP contribution in [0, 0.1) is 0 Å². The monoisotopic (exact) mass is 558 g/mol. The van der Waals surface area contributed by atoms with Gasteiger partial charge >= 0.3 is 0 Å². The lowest BCUT2D eigenvalue weighted by Crippen LogP contribution is -2.35. The summed E-state index contributed by atoms with van der Waals surface area (Å²) < 4.78 is 56.3. The third-order valence-corrected chi connectivity index (χ3v) is 12.6. The molecule has 5 nitrogen and oxygen atoms in total. The number of hydrogen-bond acceptors (Lipinski definition) is 5. The molecular weight excluding hydrogens is 540 g/mol. The van der Waals surface area contributed by atoms with Gasteiger partial charge in [0.05, 0.1) is 31.4 Å². The Morgan fingerprint density at radius 2 is 0.850 bits per heavy atom. The number of ketones is 1. The molecule has 7 heteroatoms. The number of rotatable bonds is 0. The molecule has 0 saturated carbocycles. The van der Waals surface area contributed by atoms with Gasteiger partial charge in [0.25, 0.3) is 0 Å². The van der Waals surface area contributed by atoms with Gasteiger partial charge in [-0.15, -0.1) is 0 Å². The van der Waals surface area contributed by atoms with E-state index in [0.29, 0.717) is 27.6 Å². The van der Waals surface area contributed by atoms with Crippen molar-refractivity contribution in [3.63, 3.8) is 0 Å². The molecule has 0 spiro atoms. The summed E-state index contributed by atoms with van der Waals surface area (Å²) >= 11 is 0. The van der Waals surface area contributed by atoms with Crippen LogP contribution in [-0.4, -0.2) is 22.6 Å². The lowest BCUT2D eigenvalue weighted by Gasteiger charge is -2.39. The molecule has 0 radical (unpaired) electrons. The van der Waals surface area contributed by atoms with Gasteiger partial charge in [-0.25, -0.2) is 16.8 Å². The standard InChI is InChI=1S/C33H18O5S2/c34-33-29-22-13-18-5-1-3-7-20(18)15-26(22)39(35,36)24-11-9-17-10-12-25-32(28(17)31(24)29)30(33)23-14-19-6-2-4-8-21(19)16-27(23)40(25,37)38/h1-16,29-30H. The Kier molecular flexibility index (Phi) is 3.96. The van der Waals surface area contributed by atoms with E-state index >= 15 is 0 Å². The number of sulfone groups is 2. The molecule has 9 rings (SSSR count). The molecule has 0 fully saturated rings. The molecule has 0 amide bonds. The lowest BCUT2D eigenvalue weighted by atomic mass is 9.69. The van der Waals surface area contributed by atoms with Crippen LogP contribution in [-0.2, 0) is 24.5 Å². The first-order chi connectivity index (χ1) is 19.3. The summed E-state index contributed by atoms with van der Waals surface area (Å²) in [6.45, 7) is 0. The number of carbonyl (C=O) groups excluding carboxylic acids is 1. The average Bonchev–Trinajstić information content (AvgIpc) is 2.95. The first kappa shape index (κ1) is 22.5. The quantitative estimate of drug-likeness (QED) is 0.219. The lowest BCUT2D eigenvalue weighted by molar-refractivity contribution is -0.120. The van der Waals surface area contributed by atoms with Crippen LogP contribution in [0.5, 0.6) is 0 Å². The topological polar surface area (TPSA) is 85.3 Å². The molecule has 0 bridgehead atoms. The van der Waals surface area contributed by atoms with E-state index < -0.39 is 31.5 Å². The summed E-state index contributed by atoms with van der Waals surface area (Å²) in [5.74, 6) is -1.88. The Morgan fingerprint density at radius 1 is 0.450 bits per heavy atom. The van der Waals surface area contributed by atoms with Gasteiger partial charge in [0.15, 0.2) is 5.78 Å². The maximum atomic E-state index is 14.8. The van der Waals surface area contributed by atoms with Crippen molar-refractivity contribution in [2.45, 2.75) is 31.4 Å². The van der Waals surface area contributed by atoms with Crippen molar-refractivity contribution in [2.24, 2.45) is 0 Å². The van der Waals surface area contributed by atoms with E-state index in [-0.39, 0.29) is 25.4 Å². The van der Waals surface area contributed by atoms with Crippen LogP contribution in [0.2, 0.25) is 0 Å². The Morgan fingerprint density at radius 3 is 1.27 bits per heavy atom. The molecule has 40 heavy (non-hydrogen) atoms. The van der Waals surface area contributed by atoms with Crippen LogP contribution in [0.3, 0.4) is 0 Å². The molecule has 6 aromatic carbocycles. The predicted molar refractivity (Wildman–Crippen MR) is 151 cm³/mol. The summed E-state index contributed by atoms with van der Waals surface area (Å²) in [5, 5.41) is 4.53. The smallest absolute Gasteiger partial charge is 0.207 e. The van der Waals surface area contributed by atoms with Gasteiger partial charge in [-0.3, -0.25) is 4.79 Å². The normalized spacial score (nSPS) is 20.9. The Balaban J connectivity index is 1.49. The molecule has 0 aromatic heterocycles. The van der Waals surface area contributed by atoms with Crippen molar-refractivity contribution >= 4 is 57.8 Å². The molecule has 0 N–H and O–H groups in total. The SMILES string of the molecule is O=C1C2c3cc4ccccc4cc3S(=O)(=O)c3ccc4ccc5c(c4c32)C1c1cc2ccccc2cc1S5(=O)=O. The highest BCUT2D eigenvalue weighted by atomic mass is 32.2. The van der Waals surface area contributed by atoms with E-state index in [1.165, 1.54) is 0 Å². The Bertz CT molecular complexity index is 2270. The van der Waals surface area contributed by atoms with Crippen LogP contribution >= 0.6 is 0 Å². The molecule has 1 aliphatic carbocycles. The molecular formula is C33H18O5S2. The van der Waals surface area contributed by atoms with E-state index in [1.807, 2.05) is 60.7 Å². The van der Waals surface area contributed by atoms with Gasteiger partial charge in [-0.2, -0.15) is 0 Å². The fourth-order valence-corrected chi connectivity index (χ4v) is 10.7. The van der Waals surface area contributed by atoms with E-state index in [9.17, 15) is 21.6 Å². The largest absolute Gasteiger partial charge is 0.298 e. The average molecular weight is 559 g/mol. The van der Waals surface area contributed by atoms with Crippen LogP contribution in [0.25, 0.3) is 32.3 Å². The van der Waals surface area contributed by atoms with Gasteiger partial charge in [0.1, 0.15) is 0 Å². The number of Topliss-reactive ketones (excluding diaryl/α,β-unsaturated/α-hetero) is 1. The molecule has 6 aromatic rings. The fourth-order valence-electron chi connectivity index (χ4n) is 7.17. The first-order valence-corrected chi connectivity index (χ1v) is 15.9. The van der Waals surface area contributed by atoms with Crippen molar-refractivity contribution in [3.8, 4) is 0 Å². The predicted octanol–water partition coefficient (Wildman–Crippen LogP) is 6.29. The first-order valence-electron chi connectivity index (χ1n) is 13.0. The molecule has 192 valence electrons. The maximum Gasteiger partial charge on any atom is 0.207 e. The van der Waals surface area contributed by atoms with E-state index in [2.05, 4.69) is 0 Å². The highest BCUT2D eigenvalue weighted by Gasteiger charge is 2.51. The van der Waals surface area contributed by atoms with Crippen molar-refractivity contribution in [2.75, 3.05) is 0 Å². The zero-order valence-corrected chi connectivity index (χ0v) is 22.4. The zero-order chi connectivity index (χ0) is 27.1. The van der Waals surface area contributed by atoms with Crippen molar-refractivity contribution in [1.82, 2.24) is 0 Å². The third-order valence-electron chi connectivity index (χ3n) is 8.87. The number of benzene rings is 6. The highest BCUT2D eigenvalue weighted by Crippen LogP contribution is 2.57.